The molecule has 1 aliphatic heterocycles. The predicted molar refractivity (Wildman–Crippen MR) is 88.5 cm³/mol. The topological polar surface area (TPSA) is 32.3 Å². The molecule has 2 heterocycles. The first-order valence-electron chi connectivity index (χ1n) is 7.08. The Morgan fingerprint density at radius 1 is 1.19 bits per heavy atom. The molecule has 21 heavy (non-hydrogen) atoms. The Hall–Kier alpha value is -1.10. The number of halogens is 2. The SMILES string of the molecule is CN(C)[C@@H]1CCCN(c2cnc3cc(Cl)c(Cl)cc3n2)C1. The number of hydrogen-bond acceptors (Lipinski definition) is 4. The third-order valence-corrected chi connectivity index (χ3v) is 4.74. The first kappa shape index (κ1) is 14.8. The van der Waals surface area contributed by atoms with Crippen LogP contribution in [-0.4, -0.2) is 48.1 Å². The average Bonchev–Trinajstić information content (AvgIpc) is 2.48. The van der Waals surface area contributed by atoms with Crippen molar-refractivity contribution in [1.82, 2.24) is 14.9 Å². The quantitative estimate of drug-likeness (QED) is 0.846. The Morgan fingerprint density at radius 2 is 1.90 bits per heavy atom. The number of aromatic nitrogens is 2. The van der Waals surface area contributed by atoms with Gasteiger partial charge in [-0.2, -0.15) is 0 Å². The Balaban J connectivity index is 1.91. The molecule has 2 aromatic rings. The van der Waals surface area contributed by atoms with Crippen molar-refractivity contribution in [3.05, 3.63) is 28.4 Å². The lowest BCUT2D eigenvalue weighted by Gasteiger charge is -2.36. The number of nitrogens with zero attached hydrogens (tertiary/aromatic N) is 4. The lowest BCUT2D eigenvalue weighted by atomic mass is 10.1. The smallest absolute Gasteiger partial charge is 0.147 e. The molecule has 0 aliphatic carbocycles. The van der Waals surface area contributed by atoms with Crippen molar-refractivity contribution in [2.45, 2.75) is 18.9 Å². The Kier molecular flexibility index (Phi) is 4.20. The lowest BCUT2D eigenvalue weighted by Crippen LogP contribution is -2.45. The van der Waals surface area contributed by atoms with Gasteiger partial charge in [0.1, 0.15) is 5.82 Å². The summed E-state index contributed by atoms with van der Waals surface area (Å²) in [5.74, 6) is 0.910. The van der Waals surface area contributed by atoms with E-state index in [4.69, 9.17) is 28.2 Å². The van der Waals surface area contributed by atoms with E-state index in [1.807, 2.05) is 6.20 Å². The average molecular weight is 325 g/mol. The minimum Gasteiger partial charge on any atom is -0.354 e. The molecule has 1 aromatic carbocycles. The van der Waals surface area contributed by atoms with Gasteiger partial charge in [0.2, 0.25) is 0 Å². The molecular formula is C15H18Cl2N4. The third kappa shape index (κ3) is 3.07. The maximum absolute atomic E-state index is 6.07. The fourth-order valence-corrected chi connectivity index (χ4v) is 3.05. The zero-order valence-electron chi connectivity index (χ0n) is 12.2. The monoisotopic (exact) mass is 324 g/mol. The number of anilines is 1. The Bertz CT molecular complexity index is 659. The van der Waals surface area contributed by atoms with Crippen molar-refractivity contribution in [2.24, 2.45) is 0 Å². The van der Waals surface area contributed by atoms with Crippen molar-refractivity contribution in [3.63, 3.8) is 0 Å². The number of piperidine rings is 1. The molecular weight excluding hydrogens is 307 g/mol. The molecule has 6 heteroatoms. The normalized spacial score (nSPS) is 19.5. The Labute approximate surface area is 134 Å². The van der Waals surface area contributed by atoms with E-state index >= 15 is 0 Å². The van der Waals surface area contributed by atoms with E-state index in [9.17, 15) is 0 Å². The summed E-state index contributed by atoms with van der Waals surface area (Å²) in [5, 5.41) is 1.03. The number of benzene rings is 1. The van der Waals surface area contributed by atoms with Crippen LogP contribution in [0.5, 0.6) is 0 Å². The van der Waals surface area contributed by atoms with Gasteiger partial charge in [-0.25, -0.2) is 4.98 Å². The van der Waals surface area contributed by atoms with Crippen molar-refractivity contribution in [3.8, 4) is 0 Å². The lowest BCUT2D eigenvalue weighted by molar-refractivity contribution is 0.257. The van der Waals surface area contributed by atoms with E-state index in [1.165, 1.54) is 12.8 Å². The van der Waals surface area contributed by atoms with Gasteiger partial charge in [0.25, 0.3) is 0 Å². The zero-order valence-corrected chi connectivity index (χ0v) is 13.7. The summed E-state index contributed by atoms with van der Waals surface area (Å²) in [4.78, 5) is 13.7. The largest absolute Gasteiger partial charge is 0.354 e. The first-order chi connectivity index (χ1) is 10.0. The number of rotatable bonds is 2. The summed E-state index contributed by atoms with van der Waals surface area (Å²) in [6.07, 6.45) is 4.22. The molecule has 3 rings (SSSR count). The first-order valence-corrected chi connectivity index (χ1v) is 7.83. The fraction of sp³-hybridized carbons (Fsp3) is 0.467. The van der Waals surface area contributed by atoms with Gasteiger partial charge >= 0.3 is 0 Å². The second-order valence-electron chi connectivity index (χ2n) is 5.69. The van der Waals surface area contributed by atoms with Crippen molar-refractivity contribution >= 4 is 40.1 Å². The molecule has 1 saturated heterocycles. The van der Waals surface area contributed by atoms with Gasteiger partial charge in [-0.05, 0) is 39.1 Å². The molecule has 1 atom stereocenters. The van der Waals surface area contributed by atoms with Crippen LogP contribution in [-0.2, 0) is 0 Å². The minimum absolute atomic E-state index is 0.511. The molecule has 0 spiro atoms. The second-order valence-corrected chi connectivity index (χ2v) is 6.50. The van der Waals surface area contributed by atoms with Crippen molar-refractivity contribution in [2.75, 3.05) is 32.1 Å². The summed E-state index contributed by atoms with van der Waals surface area (Å²) < 4.78 is 0. The van der Waals surface area contributed by atoms with Gasteiger partial charge in [0.15, 0.2) is 0 Å². The standard InChI is InChI=1S/C15H18Cl2N4/c1-20(2)10-4-3-5-21(9-10)15-8-18-13-6-11(16)12(17)7-14(13)19-15/h6-8,10H,3-5,9H2,1-2H3/t10-/m1/s1. The minimum atomic E-state index is 0.511. The van der Waals surface area contributed by atoms with Crippen LogP contribution in [0.1, 0.15) is 12.8 Å². The molecule has 4 nitrogen and oxygen atoms in total. The summed E-state index contributed by atoms with van der Waals surface area (Å²) >= 11 is 12.1. The highest BCUT2D eigenvalue weighted by Gasteiger charge is 2.22. The van der Waals surface area contributed by atoms with Gasteiger partial charge in [0, 0.05) is 19.1 Å². The molecule has 112 valence electrons. The summed E-state index contributed by atoms with van der Waals surface area (Å²) in [5.41, 5.74) is 1.56. The molecule has 1 fully saturated rings. The van der Waals surface area contributed by atoms with Crippen LogP contribution in [0.2, 0.25) is 10.0 Å². The summed E-state index contributed by atoms with van der Waals surface area (Å²) in [6, 6.07) is 4.10. The molecule has 1 aliphatic rings. The van der Waals surface area contributed by atoms with E-state index < -0.39 is 0 Å². The van der Waals surface area contributed by atoms with Crippen LogP contribution in [0.15, 0.2) is 18.3 Å². The summed E-state index contributed by atoms with van der Waals surface area (Å²) in [6.45, 7) is 2.00. The van der Waals surface area contributed by atoms with Crippen LogP contribution in [0.3, 0.4) is 0 Å². The molecule has 0 radical (unpaired) electrons. The van der Waals surface area contributed by atoms with Crippen LogP contribution in [0.25, 0.3) is 11.0 Å². The van der Waals surface area contributed by atoms with E-state index in [0.29, 0.717) is 16.1 Å². The van der Waals surface area contributed by atoms with Crippen molar-refractivity contribution in [1.29, 1.82) is 0 Å². The zero-order chi connectivity index (χ0) is 15.0. The fourth-order valence-electron chi connectivity index (χ4n) is 2.74. The molecule has 0 unspecified atom stereocenters. The Morgan fingerprint density at radius 3 is 2.62 bits per heavy atom. The third-order valence-electron chi connectivity index (χ3n) is 4.02. The van der Waals surface area contributed by atoms with E-state index in [2.05, 4.69) is 28.9 Å². The van der Waals surface area contributed by atoms with E-state index in [1.54, 1.807) is 12.1 Å². The van der Waals surface area contributed by atoms with Crippen molar-refractivity contribution < 1.29 is 0 Å². The second kappa shape index (κ2) is 5.95. The highest BCUT2D eigenvalue weighted by atomic mass is 35.5. The molecule has 0 saturated carbocycles. The van der Waals surface area contributed by atoms with Crippen LogP contribution in [0, 0.1) is 0 Å². The highest BCUT2D eigenvalue weighted by Crippen LogP contribution is 2.27. The molecule has 0 bridgehead atoms. The molecule has 0 N–H and O–H groups in total. The van der Waals surface area contributed by atoms with Crippen LogP contribution >= 0.6 is 23.2 Å². The van der Waals surface area contributed by atoms with E-state index in [0.717, 1.165) is 29.9 Å². The number of hydrogen-bond donors (Lipinski definition) is 0. The van der Waals surface area contributed by atoms with Gasteiger partial charge < -0.3 is 9.80 Å². The van der Waals surface area contributed by atoms with Gasteiger partial charge in [-0.1, -0.05) is 23.2 Å². The highest BCUT2D eigenvalue weighted by molar-refractivity contribution is 6.42. The maximum atomic E-state index is 6.07. The van der Waals surface area contributed by atoms with Gasteiger partial charge in [-0.15, -0.1) is 0 Å². The van der Waals surface area contributed by atoms with E-state index in [-0.39, 0.29) is 0 Å². The summed E-state index contributed by atoms with van der Waals surface area (Å²) in [7, 11) is 4.25. The molecule has 0 amide bonds. The molecule has 1 aromatic heterocycles. The van der Waals surface area contributed by atoms with Gasteiger partial charge in [-0.3, -0.25) is 4.98 Å². The van der Waals surface area contributed by atoms with Gasteiger partial charge in [0.05, 0.1) is 27.3 Å². The van der Waals surface area contributed by atoms with Crippen LogP contribution in [0.4, 0.5) is 5.82 Å². The number of fused-ring (bicyclic) bond motifs is 1. The maximum Gasteiger partial charge on any atom is 0.147 e. The van der Waals surface area contributed by atoms with Crippen LogP contribution < -0.4 is 4.90 Å². The predicted octanol–water partition coefficient (Wildman–Crippen LogP) is 3.47. The number of likely N-dealkylation sites (N-methyl/N-ethyl adjacent to an activating group) is 1.